The van der Waals surface area contributed by atoms with E-state index in [-0.39, 0.29) is 5.91 Å². The fourth-order valence-corrected chi connectivity index (χ4v) is 3.22. The molecule has 2 heterocycles. The van der Waals surface area contributed by atoms with Gasteiger partial charge in [0.05, 0.1) is 5.69 Å². The number of hydrogen-bond acceptors (Lipinski definition) is 4. The molecule has 1 aliphatic heterocycles. The van der Waals surface area contributed by atoms with E-state index in [1.807, 2.05) is 67.6 Å². The maximum absolute atomic E-state index is 12.8. The lowest BCUT2D eigenvalue weighted by atomic mass is 10.2. The molecule has 5 nitrogen and oxygen atoms in total. The predicted octanol–water partition coefficient (Wildman–Crippen LogP) is 4.43. The molecule has 1 aromatic heterocycles. The Morgan fingerprint density at radius 2 is 1.82 bits per heavy atom. The van der Waals surface area contributed by atoms with Gasteiger partial charge >= 0.3 is 0 Å². The first-order valence-electron chi connectivity index (χ1n) is 8.81. The van der Waals surface area contributed by atoms with Crippen LogP contribution in [-0.2, 0) is 11.4 Å². The number of furan rings is 1. The van der Waals surface area contributed by atoms with Crippen LogP contribution in [0.3, 0.4) is 0 Å². The molecule has 0 aliphatic carbocycles. The summed E-state index contributed by atoms with van der Waals surface area (Å²) in [5.41, 5.74) is 2.11. The molecular weight excluding hydrogens is 372 g/mol. The molecule has 2 aromatic carbocycles. The van der Waals surface area contributed by atoms with Gasteiger partial charge in [-0.05, 0) is 55.0 Å². The van der Waals surface area contributed by atoms with E-state index in [1.54, 1.807) is 12.1 Å². The van der Waals surface area contributed by atoms with E-state index in [9.17, 15) is 4.79 Å². The number of ether oxygens (including phenoxy) is 1. The van der Waals surface area contributed by atoms with Crippen molar-refractivity contribution in [3.05, 3.63) is 89.5 Å². The molecule has 28 heavy (non-hydrogen) atoms. The molecule has 0 spiro atoms. The first-order valence-corrected chi connectivity index (χ1v) is 9.22. The van der Waals surface area contributed by atoms with Crippen LogP contribution < -0.4 is 15.0 Å². The van der Waals surface area contributed by atoms with Gasteiger partial charge in [-0.1, -0.05) is 36.4 Å². The van der Waals surface area contributed by atoms with Crippen molar-refractivity contribution < 1.29 is 13.9 Å². The number of nitrogens with zero attached hydrogens (tertiary/aromatic N) is 1. The van der Waals surface area contributed by atoms with E-state index in [4.69, 9.17) is 21.4 Å². The summed E-state index contributed by atoms with van der Waals surface area (Å²) in [6.45, 7) is 2.25. The molecule has 1 amide bonds. The molecule has 1 N–H and O–H groups in total. The summed E-state index contributed by atoms with van der Waals surface area (Å²) in [5, 5.41) is 3.32. The lowest BCUT2D eigenvalue weighted by molar-refractivity contribution is -0.113. The Balaban J connectivity index is 1.49. The smallest absolute Gasteiger partial charge is 0.281 e. The Bertz CT molecular complexity index is 1060. The zero-order chi connectivity index (χ0) is 19.5. The minimum atomic E-state index is -0.210. The molecule has 1 fully saturated rings. The van der Waals surface area contributed by atoms with E-state index < -0.39 is 0 Å². The van der Waals surface area contributed by atoms with Crippen molar-refractivity contribution in [2.75, 3.05) is 4.90 Å². The van der Waals surface area contributed by atoms with Crippen molar-refractivity contribution in [1.82, 2.24) is 5.32 Å². The number of para-hydroxylation sites is 2. The minimum absolute atomic E-state index is 0.210. The second-order valence-electron chi connectivity index (χ2n) is 6.32. The van der Waals surface area contributed by atoms with E-state index in [1.165, 1.54) is 4.90 Å². The van der Waals surface area contributed by atoms with Gasteiger partial charge < -0.3 is 14.5 Å². The molecule has 0 radical (unpaired) electrons. The highest BCUT2D eigenvalue weighted by Gasteiger charge is 2.32. The highest BCUT2D eigenvalue weighted by atomic mass is 32.1. The van der Waals surface area contributed by atoms with E-state index in [0.29, 0.717) is 28.9 Å². The first-order chi connectivity index (χ1) is 13.6. The SMILES string of the molecule is Cc1ccccc1N1C(=O)/C(=C\c2ccc(COc3ccccc3)o2)NC1=S. The first kappa shape index (κ1) is 18.0. The van der Waals surface area contributed by atoms with Crippen LogP contribution in [0.1, 0.15) is 17.1 Å². The fourth-order valence-electron chi connectivity index (χ4n) is 2.93. The van der Waals surface area contributed by atoms with Gasteiger partial charge in [0.2, 0.25) is 0 Å². The summed E-state index contributed by atoms with van der Waals surface area (Å²) in [5.74, 6) is 1.78. The summed E-state index contributed by atoms with van der Waals surface area (Å²) >= 11 is 5.36. The highest BCUT2D eigenvalue weighted by Crippen LogP contribution is 2.26. The maximum Gasteiger partial charge on any atom is 0.281 e. The molecule has 0 unspecified atom stereocenters. The zero-order valence-corrected chi connectivity index (χ0v) is 16.0. The van der Waals surface area contributed by atoms with Crippen LogP contribution in [0, 0.1) is 6.92 Å². The van der Waals surface area contributed by atoms with Crippen molar-refractivity contribution in [3.63, 3.8) is 0 Å². The number of aryl methyl sites for hydroxylation is 1. The van der Waals surface area contributed by atoms with Gasteiger partial charge in [-0.2, -0.15) is 0 Å². The van der Waals surface area contributed by atoms with Gasteiger partial charge in [-0.15, -0.1) is 0 Å². The highest BCUT2D eigenvalue weighted by molar-refractivity contribution is 7.80. The number of anilines is 1. The van der Waals surface area contributed by atoms with Gasteiger partial charge in [-0.25, -0.2) is 0 Å². The van der Waals surface area contributed by atoms with Crippen molar-refractivity contribution in [2.24, 2.45) is 0 Å². The van der Waals surface area contributed by atoms with Crippen molar-refractivity contribution in [1.29, 1.82) is 0 Å². The van der Waals surface area contributed by atoms with E-state index >= 15 is 0 Å². The van der Waals surface area contributed by atoms with E-state index in [0.717, 1.165) is 17.0 Å². The summed E-state index contributed by atoms with van der Waals surface area (Å²) in [7, 11) is 0. The van der Waals surface area contributed by atoms with Gasteiger partial charge in [0.15, 0.2) is 5.11 Å². The minimum Gasteiger partial charge on any atom is -0.486 e. The van der Waals surface area contributed by atoms with Crippen LogP contribution in [0.2, 0.25) is 0 Å². The third-order valence-electron chi connectivity index (χ3n) is 4.33. The van der Waals surface area contributed by atoms with Crippen molar-refractivity contribution >= 4 is 35.0 Å². The monoisotopic (exact) mass is 390 g/mol. The Morgan fingerprint density at radius 3 is 2.61 bits per heavy atom. The number of carbonyl (C=O) groups excluding carboxylic acids is 1. The third kappa shape index (κ3) is 3.68. The fraction of sp³-hybridized carbons (Fsp3) is 0.0909. The summed E-state index contributed by atoms with van der Waals surface area (Å²) in [6, 6.07) is 20.8. The number of thiocarbonyl (C=S) groups is 1. The molecule has 6 heteroatoms. The molecular formula is C22H18N2O3S. The normalized spacial score (nSPS) is 15.2. The number of benzene rings is 2. The van der Waals surface area contributed by atoms with E-state index in [2.05, 4.69) is 5.32 Å². The predicted molar refractivity (Wildman–Crippen MR) is 112 cm³/mol. The van der Waals surface area contributed by atoms with Gasteiger partial charge in [0.25, 0.3) is 5.91 Å². The number of hydrogen-bond donors (Lipinski definition) is 1. The largest absolute Gasteiger partial charge is 0.486 e. The lowest BCUT2D eigenvalue weighted by Crippen LogP contribution is -2.30. The number of amides is 1. The average molecular weight is 390 g/mol. The molecule has 140 valence electrons. The Morgan fingerprint density at radius 1 is 1.07 bits per heavy atom. The lowest BCUT2D eigenvalue weighted by Gasteiger charge is -2.16. The number of nitrogens with one attached hydrogen (secondary N) is 1. The van der Waals surface area contributed by atoms with Crippen LogP contribution in [0.15, 0.2) is 76.8 Å². The summed E-state index contributed by atoms with van der Waals surface area (Å²) in [4.78, 5) is 14.3. The van der Waals surface area contributed by atoms with Gasteiger partial charge in [0, 0.05) is 6.08 Å². The summed E-state index contributed by atoms with van der Waals surface area (Å²) < 4.78 is 11.4. The maximum atomic E-state index is 12.8. The Kier molecular flexibility index (Phi) is 4.95. The molecule has 0 atom stereocenters. The number of rotatable bonds is 5. The second kappa shape index (κ2) is 7.70. The number of carbonyl (C=O) groups is 1. The topological polar surface area (TPSA) is 54.7 Å². The van der Waals surface area contributed by atoms with Crippen LogP contribution >= 0.6 is 12.2 Å². The van der Waals surface area contributed by atoms with Crippen LogP contribution in [0.5, 0.6) is 5.75 Å². The van der Waals surface area contributed by atoms with Gasteiger partial charge in [0.1, 0.15) is 29.6 Å². The van der Waals surface area contributed by atoms with Crippen molar-refractivity contribution in [3.8, 4) is 5.75 Å². The molecule has 3 aromatic rings. The molecule has 1 saturated heterocycles. The van der Waals surface area contributed by atoms with Crippen LogP contribution in [0.4, 0.5) is 5.69 Å². The third-order valence-corrected chi connectivity index (χ3v) is 4.61. The summed E-state index contributed by atoms with van der Waals surface area (Å²) in [6.07, 6.45) is 1.65. The van der Waals surface area contributed by atoms with Gasteiger partial charge in [-0.3, -0.25) is 9.69 Å². The average Bonchev–Trinajstić information content (AvgIpc) is 3.26. The Labute approximate surface area is 168 Å². The molecule has 0 bridgehead atoms. The Hall–Kier alpha value is -3.38. The molecule has 4 rings (SSSR count). The molecule has 0 saturated carbocycles. The standard InChI is InChI=1S/C22H18N2O3S/c1-15-7-5-6-10-20(15)24-21(25)19(23-22(24)28)13-17-11-12-18(27-17)14-26-16-8-3-2-4-9-16/h2-13H,14H2,1H3,(H,23,28)/b19-13+. The zero-order valence-electron chi connectivity index (χ0n) is 15.2. The quantitative estimate of drug-likeness (QED) is 0.516. The molecule has 1 aliphatic rings. The van der Waals surface area contributed by atoms with Crippen LogP contribution in [0.25, 0.3) is 6.08 Å². The second-order valence-corrected chi connectivity index (χ2v) is 6.71. The van der Waals surface area contributed by atoms with Crippen LogP contribution in [-0.4, -0.2) is 11.0 Å². The van der Waals surface area contributed by atoms with Crippen molar-refractivity contribution in [2.45, 2.75) is 13.5 Å².